The quantitative estimate of drug-likeness (QED) is 0.367. The Balaban J connectivity index is 1.39. The zero-order valence-electron chi connectivity index (χ0n) is 18.2. The third kappa shape index (κ3) is 5.15. The van der Waals surface area contributed by atoms with Crippen LogP contribution in [0.15, 0.2) is 88.9 Å². The summed E-state index contributed by atoms with van der Waals surface area (Å²) in [6, 6.07) is 18.8. The van der Waals surface area contributed by atoms with Crippen molar-refractivity contribution in [2.45, 2.75) is 6.54 Å². The molecule has 0 atom stereocenters. The number of thioether (sulfide) groups is 1. The number of amides is 2. The van der Waals surface area contributed by atoms with Crippen molar-refractivity contribution >= 4 is 57.1 Å². The van der Waals surface area contributed by atoms with Crippen LogP contribution in [0.25, 0.3) is 17.0 Å². The molecule has 2 N–H and O–H groups in total. The maximum absolute atomic E-state index is 13.1. The van der Waals surface area contributed by atoms with Crippen LogP contribution in [0.3, 0.4) is 0 Å². The Morgan fingerprint density at radius 1 is 1.00 bits per heavy atom. The lowest BCUT2D eigenvalue weighted by Gasteiger charge is -2.07. The van der Waals surface area contributed by atoms with Gasteiger partial charge in [0.1, 0.15) is 18.2 Å². The van der Waals surface area contributed by atoms with Crippen molar-refractivity contribution in [3.63, 3.8) is 0 Å². The van der Waals surface area contributed by atoms with Crippen molar-refractivity contribution in [2.24, 2.45) is 4.99 Å². The normalized spacial score (nSPS) is 15.7. The Bertz CT molecular complexity index is 1490. The second-order valence-corrected chi connectivity index (χ2v) is 8.77. The lowest BCUT2D eigenvalue weighted by atomic mass is 10.1. The number of aliphatic imine (C=N–C) groups is 1. The van der Waals surface area contributed by atoms with Gasteiger partial charge < -0.3 is 15.2 Å². The van der Waals surface area contributed by atoms with Gasteiger partial charge in [0, 0.05) is 28.4 Å². The fourth-order valence-corrected chi connectivity index (χ4v) is 4.50. The van der Waals surface area contributed by atoms with Crippen LogP contribution in [0.5, 0.6) is 0 Å². The van der Waals surface area contributed by atoms with Gasteiger partial charge in [0.15, 0.2) is 5.17 Å². The van der Waals surface area contributed by atoms with Crippen molar-refractivity contribution in [2.75, 3.05) is 5.32 Å². The Morgan fingerprint density at radius 3 is 2.43 bits per heavy atom. The molecule has 0 unspecified atom stereocenters. The molecule has 0 aliphatic carbocycles. The lowest BCUT2D eigenvalue weighted by Crippen LogP contribution is -2.19. The minimum atomic E-state index is -0.378. The number of hydrogen-bond donors (Lipinski definition) is 2. The van der Waals surface area contributed by atoms with E-state index in [1.807, 2.05) is 30.5 Å². The SMILES string of the molecule is O=C(Cn1cc(C=C2SC(=Nc3ccc(F)cc3)NC2=O)c2ccccc21)Nc1ccc(F)cc1. The molecule has 1 fully saturated rings. The number of nitrogens with one attached hydrogen (secondary N) is 2. The molecule has 6 nitrogen and oxygen atoms in total. The van der Waals surface area contributed by atoms with Gasteiger partial charge in [-0.05, 0) is 72.4 Å². The summed E-state index contributed by atoms with van der Waals surface area (Å²) in [7, 11) is 0. The first-order valence-electron chi connectivity index (χ1n) is 10.6. The van der Waals surface area contributed by atoms with E-state index in [4.69, 9.17) is 0 Å². The molecule has 3 aromatic carbocycles. The van der Waals surface area contributed by atoms with E-state index < -0.39 is 0 Å². The molecular weight excluding hydrogens is 470 g/mol. The highest BCUT2D eigenvalue weighted by Crippen LogP contribution is 2.31. The number of carbonyl (C=O) groups is 2. The monoisotopic (exact) mass is 488 g/mol. The minimum Gasteiger partial charge on any atom is -0.337 e. The van der Waals surface area contributed by atoms with E-state index in [-0.39, 0.29) is 30.0 Å². The molecule has 2 heterocycles. The summed E-state index contributed by atoms with van der Waals surface area (Å²) in [5, 5.41) is 6.75. The molecule has 0 radical (unpaired) electrons. The molecule has 2 amide bonds. The highest BCUT2D eigenvalue weighted by molar-refractivity contribution is 8.18. The average molecular weight is 489 g/mol. The number of nitrogens with zero attached hydrogens (tertiary/aromatic N) is 2. The van der Waals surface area contributed by atoms with E-state index in [9.17, 15) is 18.4 Å². The third-order valence-corrected chi connectivity index (χ3v) is 6.17. The van der Waals surface area contributed by atoms with E-state index >= 15 is 0 Å². The van der Waals surface area contributed by atoms with E-state index in [1.165, 1.54) is 60.3 Å². The first-order chi connectivity index (χ1) is 16.9. The number of amidine groups is 1. The van der Waals surface area contributed by atoms with Crippen molar-refractivity contribution < 1.29 is 18.4 Å². The van der Waals surface area contributed by atoms with Crippen LogP contribution in [0.2, 0.25) is 0 Å². The second kappa shape index (κ2) is 9.55. The minimum absolute atomic E-state index is 0.0394. The third-order valence-electron chi connectivity index (χ3n) is 5.26. The molecule has 0 bridgehead atoms. The molecule has 35 heavy (non-hydrogen) atoms. The fourth-order valence-electron chi connectivity index (χ4n) is 3.66. The van der Waals surface area contributed by atoms with E-state index in [2.05, 4.69) is 15.6 Å². The Morgan fingerprint density at radius 2 is 1.69 bits per heavy atom. The van der Waals surface area contributed by atoms with Gasteiger partial charge in [-0.15, -0.1) is 0 Å². The van der Waals surface area contributed by atoms with Crippen LogP contribution >= 0.6 is 11.8 Å². The highest BCUT2D eigenvalue weighted by Gasteiger charge is 2.24. The first kappa shape index (κ1) is 22.5. The van der Waals surface area contributed by atoms with Crippen molar-refractivity contribution in [3.05, 3.63) is 101 Å². The number of rotatable bonds is 5. The van der Waals surface area contributed by atoms with Gasteiger partial charge in [0.05, 0.1) is 10.6 Å². The van der Waals surface area contributed by atoms with Crippen LogP contribution < -0.4 is 10.6 Å². The van der Waals surface area contributed by atoms with E-state index in [1.54, 1.807) is 10.6 Å². The number of para-hydroxylation sites is 1. The molecule has 1 aromatic heterocycles. The number of hydrogen-bond acceptors (Lipinski definition) is 4. The smallest absolute Gasteiger partial charge is 0.264 e. The predicted octanol–water partition coefficient (Wildman–Crippen LogP) is 5.45. The van der Waals surface area contributed by atoms with Crippen LogP contribution in [-0.4, -0.2) is 21.5 Å². The molecule has 9 heteroatoms. The topological polar surface area (TPSA) is 75.5 Å². The van der Waals surface area contributed by atoms with E-state index in [0.717, 1.165) is 16.5 Å². The van der Waals surface area contributed by atoms with Gasteiger partial charge in [-0.25, -0.2) is 13.8 Å². The van der Waals surface area contributed by atoms with Gasteiger partial charge >= 0.3 is 0 Å². The van der Waals surface area contributed by atoms with Crippen LogP contribution in [0, 0.1) is 11.6 Å². The summed E-state index contributed by atoms with van der Waals surface area (Å²) >= 11 is 1.18. The molecule has 1 saturated heterocycles. The van der Waals surface area contributed by atoms with Crippen LogP contribution in [0.1, 0.15) is 5.56 Å². The maximum Gasteiger partial charge on any atom is 0.264 e. The van der Waals surface area contributed by atoms with Gasteiger partial charge in [-0.3, -0.25) is 9.59 Å². The zero-order chi connectivity index (χ0) is 24.4. The number of carbonyl (C=O) groups excluding carboxylic acids is 2. The average Bonchev–Trinajstić information content (AvgIpc) is 3.36. The number of anilines is 1. The number of benzene rings is 3. The van der Waals surface area contributed by atoms with Crippen LogP contribution in [0.4, 0.5) is 20.2 Å². The molecule has 4 aromatic rings. The number of aromatic nitrogens is 1. The second-order valence-electron chi connectivity index (χ2n) is 7.74. The predicted molar refractivity (Wildman–Crippen MR) is 134 cm³/mol. The maximum atomic E-state index is 13.1. The Hall–Kier alpha value is -4.24. The number of halogens is 2. The fraction of sp³-hybridized carbons (Fsp3) is 0.0385. The van der Waals surface area contributed by atoms with Crippen molar-refractivity contribution in [1.82, 2.24) is 9.88 Å². The summed E-state index contributed by atoms with van der Waals surface area (Å²) in [5.74, 6) is -1.29. The van der Waals surface area contributed by atoms with E-state index in [0.29, 0.717) is 21.4 Å². The Kier molecular flexibility index (Phi) is 6.15. The largest absolute Gasteiger partial charge is 0.337 e. The van der Waals surface area contributed by atoms with Gasteiger partial charge in [-0.1, -0.05) is 18.2 Å². The molecule has 1 aliphatic heterocycles. The van der Waals surface area contributed by atoms with Gasteiger partial charge in [-0.2, -0.15) is 0 Å². The molecule has 174 valence electrons. The van der Waals surface area contributed by atoms with Crippen molar-refractivity contribution in [1.29, 1.82) is 0 Å². The molecule has 1 aliphatic rings. The number of fused-ring (bicyclic) bond motifs is 1. The zero-order valence-corrected chi connectivity index (χ0v) is 19.0. The lowest BCUT2D eigenvalue weighted by molar-refractivity contribution is -0.117. The summed E-state index contributed by atoms with van der Waals surface area (Å²) in [5.41, 5.74) is 2.63. The summed E-state index contributed by atoms with van der Waals surface area (Å²) in [4.78, 5) is 29.9. The molecule has 0 saturated carbocycles. The summed E-state index contributed by atoms with van der Waals surface area (Å²) in [6.45, 7) is 0.0394. The highest BCUT2D eigenvalue weighted by atomic mass is 32.2. The van der Waals surface area contributed by atoms with Crippen molar-refractivity contribution in [3.8, 4) is 0 Å². The molecular formula is C26H18F2N4O2S. The molecule has 0 spiro atoms. The first-order valence-corrected chi connectivity index (χ1v) is 11.4. The van der Waals surface area contributed by atoms with Gasteiger partial charge in [0.25, 0.3) is 5.91 Å². The van der Waals surface area contributed by atoms with Gasteiger partial charge in [0.2, 0.25) is 5.91 Å². The summed E-state index contributed by atoms with van der Waals surface area (Å²) in [6.07, 6.45) is 3.56. The standard InChI is InChI=1S/C26H18F2N4O2S/c27-17-5-9-19(10-6-17)29-24(33)15-32-14-16(21-3-1-2-4-22(21)32)13-23-25(34)31-26(35-23)30-20-11-7-18(28)8-12-20/h1-14H,15H2,(H,29,33)(H,30,31,34). The molecule has 5 rings (SSSR count). The summed E-state index contributed by atoms with van der Waals surface area (Å²) < 4.78 is 28.0. The Labute approximate surface area is 203 Å². The van der Waals surface area contributed by atoms with Crippen LogP contribution in [-0.2, 0) is 16.1 Å².